The Morgan fingerprint density at radius 1 is 0.915 bits per heavy atom. The number of aliphatic carboxylic acids is 1. The Labute approximate surface area is 272 Å². The fourth-order valence-corrected chi connectivity index (χ4v) is 6.41. The van der Waals surface area contributed by atoms with E-state index in [0.717, 1.165) is 12.8 Å². The van der Waals surface area contributed by atoms with Gasteiger partial charge >= 0.3 is 12.1 Å². The van der Waals surface area contributed by atoms with Gasteiger partial charge in [0.05, 0.1) is 17.8 Å². The van der Waals surface area contributed by atoms with Crippen molar-refractivity contribution in [1.82, 2.24) is 9.47 Å². The van der Waals surface area contributed by atoms with E-state index in [1.807, 2.05) is 0 Å². The number of benzene rings is 3. The summed E-state index contributed by atoms with van der Waals surface area (Å²) in [6, 6.07) is 23.0. The first-order valence-corrected chi connectivity index (χ1v) is 15.5. The Hall–Kier alpha value is -5.25. The lowest BCUT2D eigenvalue weighted by Crippen LogP contribution is -2.59. The molecule has 4 aromatic rings. The Kier molecular flexibility index (Phi) is 9.33. The molecule has 0 radical (unpaired) electrons. The summed E-state index contributed by atoms with van der Waals surface area (Å²) in [5.41, 5.74) is 5.02. The van der Waals surface area contributed by atoms with Gasteiger partial charge in [0.25, 0.3) is 5.56 Å². The number of nitrogens with zero attached hydrogens (tertiary/aromatic N) is 2. The molecule has 244 valence electrons. The van der Waals surface area contributed by atoms with Gasteiger partial charge in [0.2, 0.25) is 0 Å². The molecule has 1 amide bonds. The summed E-state index contributed by atoms with van der Waals surface area (Å²) < 4.78 is 20.4. The summed E-state index contributed by atoms with van der Waals surface area (Å²) in [5.74, 6) is -2.55. The predicted octanol–water partition coefficient (Wildman–Crippen LogP) is 6.70. The van der Waals surface area contributed by atoms with Gasteiger partial charge in [-0.15, -0.1) is 0 Å². The molecule has 1 fully saturated rings. The molecule has 1 saturated carbocycles. The number of nitrogen functional groups attached to an aromatic ring is 1. The Morgan fingerprint density at radius 2 is 1.53 bits per heavy atom. The number of hydrogen-bond acceptors (Lipinski definition) is 6. The molecule has 9 nitrogen and oxygen atoms in total. The highest BCUT2D eigenvalue weighted by Crippen LogP contribution is 2.46. The summed E-state index contributed by atoms with van der Waals surface area (Å²) >= 11 is 0. The highest BCUT2D eigenvalue weighted by molar-refractivity contribution is 6.11. The molecule has 1 atom stereocenters. The molecule has 3 aromatic carbocycles. The minimum atomic E-state index is -1.70. The Balaban J connectivity index is 1.56. The smallest absolute Gasteiger partial charge is 0.411 e. The number of aromatic nitrogens is 1. The van der Waals surface area contributed by atoms with Crippen LogP contribution in [0.4, 0.5) is 15.0 Å². The maximum absolute atomic E-state index is 14.0. The first-order chi connectivity index (χ1) is 22.3. The lowest BCUT2D eigenvalue weighted by molar-refractivity contribution is -0.157. The van der Waals surface area contributed by atoms with Crippen LogP contribution in [0.15, 0.2) is 95.8 Å². The van der Waals surface area contributed by atoms with Crippen molar-refractivity contribution in [2.24, 2.45) is 5.92 Å². The zero-order valence-corrected chi connectivity index (χ0v) is 26.6. The van der Waals surface area contributed by atoms with Crippen LogP contribution in [0.25, 0.3) is 5.69 Å². The number of hydrogen-bond donors (Lipinski definition) is 2. The van der Waals surface area contributed by atoms with Gasteiger partial charge in [-0.05, 0) is 93.1 Å². The summed E-state index contributed by atoms with van der Waals surface area (Å²) in [4.78, 5) is 54.9. The molecule has 0 aliphatic heterocycles. The van der Waals surface area contributed by atoms with Crippen molar-refractivity contribution in [3.63, 3.8) is 0 Å². The van der Waals surface area contributed by atoms with Crippen molar-refractivity contribution in [2.75, 3.05) is 5.73 Å². The van der Waals surface area contributed by atoms with Crippen LogP contribution in [0.3, 0.4) is 0 Å². The van der Waals surface area contributed by atoms with Crippen LogP contribution in [-0.2, 0) is 21.6 Å². The molecule has 0 saturated heterocycles. The number of carboxylic acid groups (broad SMARTS) is 1. The van der Waals surface area contributed by atoms with Crippen LogP contribution in [0.1, 0.15) is 73.5 Å². The quantitative estimate of drug-likeness (QED) is 0.195. The predicted molar refractivity (Wildman–Crippen MR) is 176 cm³/mol. The molecule has 1 unspecified atom stereocenters. The maximum atomic E-state index is 14.0. The zero-order valence-electron chi connectivity index (χ0n) is 26.6. The van der Waals surface area contributed by atoms with Gasteiger partial charge in [-0.1, -0.05) is 55.3 Å². The number of anilines is 1. The number of ether oxygens (including phenoxy) is 1. The minimum Gasteiger partial charge on any atom is -0.479 e. The number of carboxylic acids is 1. The number of halogens is 1. The van der Waals surface area contributed by atoms with Gasteiger partial charge in [0.15, 0.2) is 11.3 Å². The van der Waals surface area contributed by atoms with Crippen molar-refractivity contribution < 1.29 is 28.6 Å². The zero-order chi connectivity index (χ0) is 33.9. The molecule has 0 bridgehead atoms. The van der Waals surface area contributed by atoms with Gasteiger partial charge in [0, 0.05) is 11.6 Å². The van der Waals surface area contributed by atoms with Gasteiger partial charge in [-0.2, -0.15) is 0 Å². The second-order valence-electron chi connectivity index (χ2n) is 12.8. The monoisotopic (exact) mass is 639 g/mol. The van der Waals surface area contributed by atoms with Gasteiger partial charge in [-0.25, -0.2) is 14.0 Å². The number of nitrogens with two attached hydrogens (primary N) is 1. The van der Waals surface area contributed by atoms with E-state index in [4.69, 9.17) is 10.5 Å². The van der Waals surface area contributed by atoms with E-state index in [1.165, 1.54) is 45.9 Å². The van der Waals surface area contributed by atoms with Crippen LogP contribution in [0, 0.1) is 11.7 Å². The van der Waals surface area contributed by atoms with Crippen molar-refractivity contribution in [3.05, 3.63) is 129 Å². The van der Waals surface area contributed by atoms with E-state index in [1.54, 1.807) is 75.4 Å². The number of carbonyl (C=O) groups is 3. The standard InChI is InChI=1S/C37H38FN3O6/c1-36(2,3)47-35(46)40(37(34(44)45,27-11-7-8-12-27)26-9-5-4-6-10-26)23-24-13-19-29(20-14-24)41-31(42)22-21-30(33(41)39)32(43)25-15-17-28(38)18-16-25/h4-6,9-10,13-22,27H,7-8,11-12,23,39H2,1-3H3,(H,44,45). The third-order valence-corrected chi connectivity index (χ3v) is 8.54. The van der Waals surface area contributed by atoms with Gasteiger partial charge in [-0.3, -0.25) is 19.1 Å². The van der Waals surface area contributed by atoms with Crippen LogP contribution < -0.4 is 11.3 Å². The third kappa shape index (κ3) is 6.67. The van der Waals surface area contributed by atoms with Crippen molar-refractivity contribution in [2.45, 2.75) is 64.1 Å². The molecule has 10 heteroatoms. The molecule has 1 aliphatic carbocycles. The topological polar surface area (TPSA) is 132 Å². The lowest BCUT2D eigenvalue weighted by atomic mass is 9.75. The molecule has 1 heterocycles. The first kappa shape index (κ1) is 33.1. The van der Waals surface area contributed by atoms with Crippen molar-refractivity contribution >= 4 is 23.7 Å². The average Bonchev–Trinajstić information content (AvgIpc) is 3.57. The molecule has 47 heavy (non-hydrogen) atoms. The van der Waals surface area contributed by atoms with Crippen molar-refractivity contribution in [1.29, 1.82) is 0 Å². The highest BCUT2D eigenvalue weighted by Gasteiger charge is 2.55. The first-order valence-electron chi connectivity index (χ1n) is 15.5. The minimum absolute atomic E-state index is 0.0713. The lowest BCUT2D eigenvalue weighted by Gasteiger charge is -2.45. The molecular formula is C37H38FN3O6. The third-order valence-electron chi connectivity index (χ3n) is 8.54. The van der Waals surface area contributed by atoms with E-state index in [9.17, 15) is 28.7 Å². The number of amides is 1. The average molecular weight is 640 g/mol. The molecule has 1 aliphatic rings. The fraction of sp³-hybridized carbons (Fsp3) is 0.297. The van der Waals surface area contributed by atoms with Crippen LogP contribution in [0.5, 0.6) is 0 Å². The summed E-state index contributed by atoms with van der Waals surface area (Å²) in [6.07, 6.45) is 2.21. The number of rotatable bonds is 9. The summed E-state index contributed by atoms with van der Waals surface area (Å²) in [7, 11) is 0. The molecule has 0 spiro atoms. The molecular weight excluding hydrogens is 601 g/mol. The van der Waals surface area contributed by atoms with E-state index in [-0.39, 0.29) is 29.4 Å². The van der Waals surface area contributed by atoms with Crippen LogP contribution in [-0.4, -0.2) is 38.0 Å². The molecule has 5 rings (SSSR count). The Morgan fingerprint density at radius 3 is 2.11 bits per heavy atom. The summed E-state index contributed by atoms with van der Waals surface area (Å²) in [5, 5.41) is 11.0. The van der Waals surface area contributed by atoms with Crippen LogP contribution in [0.2, 0.25) is 0 Å². The second-order valence-corrected chi connectivity index (χ2v) is 12.8. The second kappa shape index (κ2) is 13.2. The summed E-state index contributed by atoms with van der Waals surface area (Å²) in [6.45, 7) is 5.10. The van der Waals surface area contributed by atoms with Crippen molar-refractivity contribution in [3.8, 4) is 5.69 Å². The van der Waals surface area contributed by atoms with E-state index >= 15 is 0 Å². The largest absolute Gasteiger partial charge is 0.479 e. The van der Waals surface area contributed by atoms with Crippen LogP contribution >= 0.6 is 0 Å². The number of carbonyl (C=O) groups excluding carboxylic acids is 2. The Bertz CT molecular complexity index is 1830. The van der Waals surface area contributed by atoms with Gasteiger partial charge < -0.3 is 15.6 Å². The SMILES string of the molecule is CC(C)(C)OC(=O)N(Cc1ccc(-n2c(N)c(C(=O)c3ccc(F)cc3)ccc2=O)cc1)C(C(=O)O)(c1ccccc1)C1CCCC1. The van der Waals surface area contributed by atoms with E-state index < -0.39 is 40.4 Å². The maximum Gasteiger partial charge on any atom is 0.411 e. The molecule has 3 N–H and O–H groups in total. The van der Waals surface area contributed by atoms with E-state index in [2.05, 4.69) is 0 Å². The van der Waals surface area contributed by atoms with Gasteiger partial charge in [0.1, 0.15) is 17.2 Å². The fourth-order valence-electron chi connectivity index (χ4n) is 6.41. The molecule has 1 aromatic heterocycles. The normalized spacial score (nSPS) is 14.7. The highest BCUT2D eigenvalue weighted by atomic mass is 19.1. The number of pyridine rings is 1. The number of ketones is 1. The van der Waals surface area contributed by atoms with E-state index in [0.29, 0.717) is 29.7 Å².